The maximum atomic E-state index is 13.2. The summed E-state index contributed by atoms with van der Waals surface area (Å²) in [4.78, 5) is 26.5. The molecule has 0 spiro atoms. The number of fused-ring (bicyclic) bond motifs is 1. The molecular weight excluding hydrogens is 563 g/mol. The van der Waals surface area contributed by atoms with Gasteiger partial charge in [-0.25, -0.2) is 4.79 Å². The van der Waals surface area contributed by atoms with Crippen molar-refractivity contribution in [2.75, 3.05) is 43.5 Å². The van der Waals surface area contributed by atoms with Crippen LogP contribution in [-0.2, 0) is 17.5 Å². The van der Waals surface area contributed by atoms with Crippen molar-refractivity contribution in [3.8, 4) is 11.1 Å². The Morgan fingerprint density at radius 1 is 0.951 bits per heavy atom. The zero-order valence-electron chi connectivity index (χ0n) is 21.5. The van der Waals surface area contributed by atoms with Crippen LogP contribution in [0.5, 0.6) is 0 Å². The molecule has 214 valence electrons. The highest BCUT2D eigenvalue weighted by Gasteiger charge is 2.33. The number of nitrogens with one attached hydrogen (secondary N) is 2. The van der Waals surface area contributed by atoms with E-state index in [1.165, 1.54) is 6.07 Å². The van der Waals surface area contributed by atoms with Gasteiger partial charge >= 0.3 is 12.2 Å². The highest BCUT2D eigenvalue weighted by atomic mass is 35.5. The van der Waals surface area contributed by atoms with Crippen LogP contribution in [0.4, 0.5) is 29.3 Å². The number of alkyl halides is 3. The topological polar surface area (TPSA) is 112 Å². The van der Waals surface area contributed by atoms with Gasteiger partial charge in [-0.15, -0.1) is 0 Å². The second-order valence-electron chi connectivity index (χ2n) is 9.40. The van der Waals surface area contributed by atoms with Gasteiger partial charge in [0.25, 0.3) is 0 Å². The zero-order valence-corrected chi connectivity index (χ0v) is 22.3. The first-order chi connectivity index (χ1) is 19.6. The monoisotopic (exact) mass is 586 g/mol. The number of ether oxygens (including phenoxy) is 1. The van der Waals surface area contributed by atoms with E-state index in [9.17, 15) is 27.9 Å². The van der Waals surface area contributed by atoms with Crippen molar-refractivity contribution in [2.45, 2.75) is 12.7 Å². The summed E-state index contributed by atoms with van der Waals surface area (Å²) in [5, 5.41) is 21.0. The zero-order chi connectivity index (χ0) is 29.1. The van der Waals surface area contributed by atoms with Crippen LogP contribution >= 0.6 is 11.6 Å². The molecule has 4 aromatic rings. The number of hydrogen-bond donors (Lipinski definition) is 2. The molecular formula is C28H24ClF3N5O4-. The molecule has 0 bridgehead atoms. The van der Waals surface area contributed by atoms with Gasteiger partial charge in [-0.3, -0.25) is 9.58 Å². The Kier molecular flexibility index (Phi) is 8.15. The standard InChI is InChI=1S/C28H25ClF3N5O4/c29-23-7-5-20(16-22(23)28(30,31)32)34-27(40)33-19-3-1-2-17(14-19)18-4-6-21-24(15-18)37(35-25(21)26(38)39)9-8-36-10-12-41-13-11-36/h1-7,14-16H,8-13H2,(H,38,39)(H2,33,34,40)/p-1. The van der Waals surface area contributed by atoms with Crippen LogP contribution in [0.1, 0.15) is 16.1 Å². The molecule has 1 aromatic heterocycles. The fraction of sp³-hybridized carbons (Fsp3) is 0.250. The Labute approximate surface area is 237 Å². The van der Waals surface area contributed by atoms with Gasteiger partial charge < -0.3 is 25.3 Å². The molecule has 1 saturated heterocycles. The van der Waals surface area contributed by atoms with E-state index in [2.05, 4.69) is 20.6 Å². The van der Waals surface area contributed by atoms with Crippen molar-refractivity contribution < 1.29 is 32.6 Å². The van der Waals surface area contributed by atoms with Crippen LogP contribution in [0.25, 0.3) is 22.0 Å². The molecule has 2 amide bonds. The summed E-state index contributed by atoms with van der Waals surface area (Å²) in [6.07, 6.45) is -4.67. The van der Waals surface area contributed by atoms with Crippen LogP contribution in [0, 0.1) is 0 Å². The molecule has 41 heavy (non-hydrogen) atoms. The van der Waals surface area contributed by atoms with Crippen molar-refractivity contribution >= 4 is 45.9 Å². The number of nitrogens with zero attached hydrogens (tertiary/aromatic N) is 3. The minimum Gasteiger partial charge on any atom is -0.543 e. The number of hydrogen-bond acceptors (Lipinski definition) is 6. The summed E-state index contributed by atoms with van der Waals surface area (Å²) < 4.78 is 46.5. The van der Waals surface area contributed by atoms with Crippen LogP contribution in [-0.4, -0.2) is 59.5 Å². The molecule has 0 aliphatic carbocycles. The Bertz CT molecular complexity index is 1600. The summed E-state index contributed by atoms with van der Waals surface area (Å²) in [5.74, 6) is -1.37. The molecule has 0 radical (unpaired) electrons. The number of carboxylic acid groups (broad SMARTS) is 1. The summed E-state index contributed by atoms with van der Waals surface area (Å²) in [5.41, 5.74) is 1.19. The summed E-state index contributed by atoms with van der Waals surface area (Å²) >= 11 is 5.65. The summed E-state index contributed by atoms with van der Waals surface area (Å²) in [6.45, 7) is 3.99. The third kappa shape index (κ3) is 6.62. The third-order valence-corrected chi connectivity index (χ3v) is 6.99. The lowest BCUT2D eigenvalue weighted by Gasteiger charge is -2.26. The minimum atomic E-state index is -4.67. The van der Waals surface area contributed by atoms with Gasteiger partial charge in [-0.05, 0) is 53.6 Å². The average molecular weight is 587 g/mol. The molecule has 2 heterocycles. The fourth-order valence-corrected chi connectivity index (χ4v) is 4.85. The smallest absolute Gasteiger partial charge is 0.417 e. The highest BCUT2D eigenvalue weighted by Crippen LogP contribution is 2.36. The van der Waals surface area contributed by atoms with Crippen LogP contribution in [0.2, 0.25) is 5.02 Å². The largest absolute Gasteiger partial charge is 0.543 e. The molecule has 0 atom stereocenters. The van der Waals surface area contributed by atoms with E-state index in [1.54, 1.807) is 35.0 Å². The van der Waals surface area contributed by atoms with Crippen LogP contribution < -0.4 is 15.7 Å². The van der Waals surface area contributed by atoms with E-state index in [1.807, 2.05) is 12.1 Å². The number of aromatic nitrogens is 2. The second-order valence-corrected chi connectivity index (χ2v) is 9.80. The van der Waals surface area contributed by atoms with E-state index in [-0.39, 0.29) is 11.4 Å². The van der Waals surface area contributed by atoms with Gasteiger partial charge in [0, 0.05) is 36.4 Å². The number of aromatic carboxylic acids is 1. The third-order valence-electron chi connectivity index (χ3n) is 6.66. The average Bonchev–Trinajstić information content (AvgIpc) is 3.31. The number of halogens is 4. The lowest BCUT2D eigenvalue weighted by Crippen LogP contribution is -2.38. The van der Waals surface area contributed by atoms with Crippen LogP contribution in [0.3, 0.4) is 0 Å². The summed E-state index contributed by atoms with van der Waals surface area (Å²) in [6, 6.07) is 14.4. The van der Waals surface area contributed by atoms with Crippen molar-refractivity contribution in [1.29, 1.82) is 0 Å². The highest BCUT2D eigenvalue weighted by molar-refractivity contribution is 6.31. The van der Waals surface area contributed by atoms with E-state index in [0.29, 0.717) is 48.5 Å². The number of morpholine rings is 1. The molecule has 13 heteroatoms. The van der Waals surface area contributed by atoms with E-state index < -0.39 is 28.8 Å². The molecule has 0 saturated carbocycles. The SMILES string of the molecule is O=C(Nc1cccc(-c2ccc3c(C(=O)[O-])nn(CCN4CCOCC4)c3c2)c1)Nc1ccc(Cl)c(C(F)(F)F)c1. The Hall–Kier alpha value is -4.13. The molecule has 1 fully saturated rings. The molecule has 1 aliphatic heterocycles. The van der Waals surface area contributed by atoms with Crippen molar-refractivity contribution in [1.82, 2.24) is 14.7 Å². The number of carbonyl (C=O) groups excluding carboxylic acids is 2. The van der Waals surface area contributed by atoms with Gasteiger partial charge in [0.2, 0.25) is 0 Å². The first-order valence-corrected chi connectivity index (χ1v) is 13.0. The van der Waals surface area contributed by atoms with Gasteiger partial charge in [-0.1, -0.05) is 29.8 Å². The number of carbonyl (C=O) groups is 2. The van der Waals surface area contributed by atoms with Gasteiger partial charge in [0.05, 0.1) is 41.8 Å². The fourth-order valence-electron chi connectivity index (χ4n) is 4.63. The Balaban J connectivity index is 1.35. The molecule has 9 nitrogen and oxygen atoms in total. The Morgan fingerprint density at radius 3 is 2.37 bits per heavy atom. The predicted molar refractivity (Wildman–Crippen MR) is 146 cm³/mol. The van der Waals surface area contributed by atoms with E-state index in [0.717, 1.165) is 30.8 Å². The first kappa shape index (κ1) is 28.4. The predicted octanol–water partition coefficient (Wildman–Crippen LogP) is 4.72. The first-order valence-electron chi connectivity index (χ1n) is 12.7. The van der Waals surface area contributed by atoms with Gasteiger partial charge in [0.1, 0.15) is 5.69 Å². The van der Waals surface area contributed by atoms with Crippen molar-refractivity contribution in [3.05, 3.63) is 76.9 Å². The summed E-state index contributed by atoms with van der Waals surface area (Å²) in [7, 11) is 0. The Morgan fingerprint density at radius 2 is 1.66 bits per heavy atom. The van der Waals surface area contributed by atoms with Crippen molar-refractivity contribution in [3.63, 3.8) is 0 Å². The van der Waals surface area contributed by atoms with E-state index >= 15 is 0 Å². The maximum absolute atomic E-state index is 13.2. The number of urea groups is 1. The number of rotatable bonds is 7. The molecule has 5 rings (SSSR count). The number of anilines is 2. The quantitative estimate of drug-likeness (QED) is 0.324. The lowest BCUT2D eigenvalue weighted by molar-refractivity contribution is -0.255. The van der Waals surface area contributed by atoms with E-state index in [4.69, 9.17) is 16.3 Å². The minimum absolute atomic E-state index is 0.0742. The normalized spacial score (nSPS) is 14.2. The van der Waals surface area contributed by atoms with Gasteiger partial charge in [0.15, 0.2) is 0 Å². The number of amides is 2. The number of carboxylic acids is 1. The molecule has 3 aromatic carbocycles. The molecule has 1 aliphatic rings. The maximum Gasteiger partial charge on any atom is 0.417 e. The van der Waals surface area contributed by atoms with Gasteiger partial charge in [-0.2, -0.15) is 18.3 Å². The molecule has 2 N–H and O–H groups in total. The number of benzene rings is 3. The van der Waals surface area contributed by atoms with Crippen LogP contribution in [0.15, 0.2) is 60.7 Å². The lowest BCUT2D eigenvalue weighted by atomic mass is 10.0. The second kappa shape index (κ2) is 11.8. The molecule has 0 unspecified atom stereocenters. The van der Waals surface area contributed by atoms with Crippen molar-refractivity contribution in [2.24, 2.45) is 0 Å².